The van der Waals surface area contributed by atoms with Crippen molar-refractivity contribution >= 4 is 22.6 Å². The minimum atomic E-state index is -0.201. The van der Waals surface area contributed by atoms with E-state index in [1.165, 1.54) is 0 Å². The number of rotatable bonds is 3. The number of ether oxygens (including phenoxy) is 1. The van der Waals surface area contributed by atoms with Crippen LogP contribution in [0, 0.1) is 0 Å². The molecule has 0 atom stereocenters. The van der Waals surface area contributed by atoms with Gasteiger partial charge in [0.15, 0.2) is 0 Å². The third-order valence-electron chi connectivity index (χ3n) is 4.80. The van der Waals surface area contributed by atoms with Crippen molar-refractivity contribution in [3.05, 3.63) is 74.6 Å². The summed E-state index contributed by atoms with van der Waals surface area (Å²) in [4.78, 5) is 12.3. The first kappa shape index (κ1) is 16.2. The molecule has 0 fully saturated rings. The molecule has 0 amide bonds. The van der Waals surface area contributed by atoms with E-state index in [9.17, 15) is 4.79 Å². The van der Waals surface area contributed by atoms with E-state index in [0.717, 1.165) is 54.2 Å². The van der Waals surface area contributed by atoms with Gasteiger partial charge in [0.25, 0.3) is 0 Å². The molecular weight excluding hydrogens is 336 g/mol. The van der Waals surface area contributed by atoms with Crippen LogP contribution in [0.1, 0.15) is 36.0 Å². The van der Waals surface area contributed by atoms with E-state index < -0.39 is 0 Å². The SMILES string of the molecule is O=c1oc2cc(OCc3ccccc3Cl)ccc2c2c1CCCCC2. The first-order valence-electron chi connectivity index (χ1n) is 8.67. The number of hydrogen-bond donors (Lipinski definition) is 0. The minimum Gasteiger partial charge on any atom is -0.489 e. The second-order valence-corrected chi connectivity index (χ2v) is 6.85. The predicted octanol–water partition coefficient (Wildman–Crippen LogP) is 5.29. The third kappa shape index (κ3) is 3.29. The standard InChI is InChI=1S/C21H19ClO3/c22-19-9-5-4-6-14(19)13-24-15-10-11-17-16-7-2-1-3-8-18(16)21(23)25-20(17)12-15/h4-6,9-12H,1-3,7-8,13H2. The van der Waals surface area contributed by atoms with Gasteiger partial charge in [0.2, 0.25) is 0 Å². The molecule has 1 aliphatic rings. The Bertz CT molecular complexity index is 975. The van der Waals surface area contributed by atoms with Crippen LogP contribution in [0.15, 0.2) is 51.7 Å². The number of fused-ring (bicyclic) bond motifs is 3. The highest BCUT2D eigenvalue weighted by atomic mass is 35.5. The maximum Gasteiger partial charge on any atom is 0.339 e. The van der Waals surface area contributed by atoms with Crippen LogP contribution in [0.3, 0.4) is 0 Å². The molecule has 25 heavy (non-hydrogen) atoms. The molecule has 0 spiro atoms. The topological polar surface area (TPSA) is 39.4 Å². The summed E-state index contributed by atoms with van der Waals surface area (Å²) in [7, 11) is 0. The molecule has 3 aromatic rings. The molecule has 3 nitrogen and oxygen atoms in total. The van der Waals surface area contributed by atoms with Crippen molar-refractivity contribution in [2.24, 2.45) is 0 Å². The summed E-state index contributed by atoms with van der Waals surface area (Å²) in [6, 6.07) is 13.3. The highest BCUT2D eigenvalue weighted by Crippen LogP contribution is 2.29. The fraction of sp³-hybridized carbons (Fsp3) is 0.286. The van der Waals surface area contributed by atoms with Crippen molar-refractivity contribution in [2.75, 3.05) is 0 Å². The van der Waals surface area contributed by atoms with Gasteiger partial charge in [-0.3, -0.25) is 0 Å². The van der Waals surface area contributed by atoms with E-state index in [1.807, 2.05) is 36.4 Å². The molecule has 4 rings (SSSR count). The van der Waals surface area contributed by atoms with Crippen LogP contribution in [-0.2, 0) is 19.4 Å². The van der Waals surface area contributed by atoms with Gasteiger partial charge in [-0.25, -0.2) is 4.79 Å². The summed E-state index contributed by atoms with van der Waals surface area (Å²) >= 11 is 6.16. The molecule has 1 aromatic heterocycles. The second-order valence-electron chi connectivity index (χ2n) is 6.45. The fourth-order valence-corrected chi connectivity index (χ4v) is 3.66. The summed E-state index contributed by atoms with van der Waals surface area (Å²) < 4.78 is 11.4. The Morgan fingerprint density at radius 1 is 1.00 bits per heavy atom. The molecule has 0 saturated heterocycles. The largest absolute Gasteiger partial charge is 0.489 e. The first-order valence-corrected chi connectivity index (χ1v) is 9.05. The van der Waals surface area contributed by atoms with E-state index in [4.69, 9.17) is 20.8 Å². The summed E-state index contributed by atoms with van der Waals surface area (Å²) in [6.45, 7) is 0.375. The molecule has 0 aliphatic heterocycles. The molecule has 0 saturated carbocycles. The number of benzene rings is 2. The molecule has 0 N–H and O–H groups in total. The van der Waals surface area contributed by atoms with E-state index in [-0.39, 0.29) is 5.63 Å². The predicted molar refractivity (Wildman–Crippen MR) is 99.5 cm³/mol. The van der Waals surface area contributed by atoms with Crippen LogP contribution >= 0.6 is 11.6 Å². The first-order chi connectivity index (χ1) is 12.2. The van der Waals surface area contributed by atoms with E-state index in [1.54, 1.807) is 6.07 Å². The normalized spacial score (nSPS) is 14.1. The molecule has 0 bridgehead atoms. The Labute approximate surface area is 151 Å². The van der Waals surface area contributed by atoms with Crippen LogP contribution in [-0.4, -0.2) is 0 Å². The van der Waals surface area contributed by atoms with Gasteiger partial charge in [0, 0.05) is 27.6 Å². The lowest BCUT2D eigenvalue weighted by molar-refractivity contribution is 0.306. The van der Waals surface area contributed by atoms with Gasteiger partial charge < -0.3 is 9.15 Å². The van der Waals surface area contributed by atoms with Crippen LogP contribution in [0.2, 0.25) is 5.02 Å². The fourth-order valence-electron chi connectivity index (χ4n) is 3.47. The average molecular weight is 355 g/mol. The molecule has 128 valence electrons. The van der Waals surface area contributed by atoms with Crippen LogP contribution in [0.4, 0.5) is 0 Å². The second kappa shape index (κ2) is 6.93. The van der Waals surface area contributed by atoms with Crippen molar-refractivity contribution in [1.29, 1.82) is 0 Å². The van der Waals surface area contributed by atoms with Crippen LogP contribution in [0.5, 0.6) is 5.75 Å². The van der Waals surface area contributed by atoms with Gasteiger partial charge in [-0.15, -0.1) is 0 Å². The van der Waals surface area contributed by atoms with E-state index >= 15 is 0 Å². The minimum absolute atomic E-state index is 0.201. The maximum absolute atomic E-state index is 12.3. The Morgan fingerprint density at radius 3 is 2.64 bits per heavy atom. The summed E-state index contributed by atoms with van der Waals surface area (Å²) in [5.41, 5.74) is 3.33. The van der Waals surface area contributed by atoms with Crippen molar-refractivity contribution in [1.82, 2.24) is 0 Å². The van der Waals surface area contributed by atoms with Crippen LogP contribution in [0.25, 0.3) is 11.0 Å². The van der Waals surface area contributed by atoms with E-state index in [2.05, 4.69) is 0 Å². The number of hydrogen-bond acceptors (Lipinski definition) is 3. The Balaban J connectivity index is 1.67. The van der Waals surface area contributed by atoms with Crippen molar-refractivity contribution in [3.8, 4) is 5.75 Å². The monoisotopic (exact) mass is 354 g/mol. The van der Waals surface area contributed by atoms with Gasteiger partial charge in [-0.05, 0) is 49.4 Å². The van der Waals surface area contributed by atoms with Gasteiger partial charge in [0.05, 0.1) is 0 Å². The highest BCUT2D eigenvalue weighted by Gasteiger charge is 2.17. The van der Waals surface area contributed by atoms with Gasteiger partial charge >= 0.3 is 5.63 Å². The van der Waals surface area contributed by atoms with Crippen molar-refractivity contribution in [3.63, 3.8) is 0 Å². The third-order valence-corrected chi connectivity index (χ3v) is 5.17. The Kier molecular flexibility index (Phi) is 4.50. The molecule has 0 radical (unpaired) electrons. The molecule has 1 aliphatic carbocycles. The Hall–Kier alpha value is -2.26. The summed E-state index contributed by atoms with van der Waals surface area (Å²) in [5, 5.41) is 1.71. The lowest BCUT2D eigenvalue weighted by atomic mass is 10.0. The molecule has 1 heterocycles. The number of halogens is 1. The highest BCUT2D eigenvalue weighted by molar-refractivity contribution is 6.31. The zero-order valence-corrected chi connectivity index (χ0v) is 14.6. The Morgan fingerprint density at radius 2 is 1.80 bits per heavy atom. The molecule has 2 aromatic carbocycles. The van der Waals surface area contributed by atoms with Gasteiger partial charge in [-0.2, -0.15) is 0 Å². The zero-order chi connectivity index (χ0) is 17.2. The average Bonchev–Trinajstić information content (AvgIpc) is 2.87. The quantitative estimate of drug-likeness (QED) is 0.473. The summed E-state index contributed by atoms with van der Waals surface area (Å²) in [6.07, 6.45) is 5.10. The van der Waals surface area contributed by atoms with Gasteiger partial charge in [0.1, 0.15) is 17.9 Å². The van der Waals surface area contributed by atoms with Crippen LogP contribution < -0.4 is 10.4 Å². The van der Waals surface area contributed by atoms with Crippen molar-refractivity contribution < 1.29 is 9.15 Å². The van der Waals surface area contributed by atoms with Gasteiger partial charge in [-0.1, -0.05) is 36.2 Å². The summed E-state index contributed by atoms with van der Waals surface area (Å²) in [5.74, 6) is 0.671. The smallest absolute Gasteiger partial charge is 0.339 e. The molecular formula is C21H19ClO3. The molecule has 4 heteroatoms. The lowest BCUT2D eigenvalue weighted by Gasteiger charge is -2.11. The van der Waals surface area contributed by atoms with Crippen molar-refractivity contribution in [2.45, 2.75) is 38.7 Å². The maximum atomic E-state index is 12.3. The number of aryl methyl sites for hydroxylation is 1. The molecule has 0 unspecified atom stereocenters. The lowest BCUT2D eigenvalue weighted by Crippen LogP contribution is -2.10. The zero-order valence-electron chi connectivity index (χ0n) is 13.9. The van der Waals surface area contributed by atoms with E-state index in [0.29, 0.717) is 23.0 Å².